The molecule has 16 N–H and O–H groups in total. The monoisotopic (exact) mass is 458 g/mol. The van der Waals surface area contributed by atoms with Crippen molar-refractivity contribution in [1.82, 2.24) is 10.9 Å². The van der Waals surface area contributed by atoms with Gasteiger partial charge in [-0.2, -0.15) is 0 Å². The molecule has 0 heterocycles. The molecule has 0 saturated carbocycles. The normalized spacial score (nSPS) is 8.22. The maximum absolute atomic E-state index is 9.41. The van der Waals surface area contributed by atoms with Gasteiger partial charge < -0.3 is 53.1 Å². The number of hydrogen-bond acceptors (Lipinski definition) is 12. The minimum Gasteiger partial charge on any atom is -0.457 e. The Morgan fingerprint density at radius 3 is 0.852 bits per heavy atom. The molecule has 27 heavy (non-hydrogen) atoms. The molecule has 164 valence electrons. The average molecular weight is 459 g/mol. The van der Waals surface area contributed by atoms with E-state index < -0.39 is 32.2 Å². The van der Waals surface area contributed by atoms with Crippen LogP contribution in [0, 0.1) is 50.9 Å². The summed E-state index contributed by atoms with van der Waals surface area (Å²) in [5, 5.41) is 51.6. The smallest absolute Gasteiger partial charge is 0.457 e. The Labute approximate surface area is 155 Å². The van der Waals surface area contributed by atoms with Crippen LogP contribution < -0.4 is 34.0 Å². The van der Waals surface area contributed by atoms with Crippen molar-refractivity contribution in [2.24, 2.45) is 33.4 Å². The van der Waals surface area contributed by atoms with Crippen molar-refractivity contribution in [2.75, 3.05) is 0 Å². The van der Waals surface area contributed by atoms with E-state index in [1.807, 2.05) is 0 Å². The fraction of sp³-hybridized carbons (Fsp3) is 0. The Balaban J connectivity index is -0.0000000399. The third kappa shape index (κ3) is 136. The van der Waals surface area contributed by atoms with Gasteiger partial charge in [-0.25, -0.2) is 31.9 Å². The number of rotatable bonds is 2. The first-order valence-electron chi connectivity index (χ1n) is 4.33. The van der Waals surface area contributed by atoms with Gasteiger partial charge in [-0.3, -0.25) is 10.9 Å². The number of nitrogens with zero attached hydrogens (tertiary/aromatic N) is 6. The number of hydrazone groups is 2. The third-order valence-corrected chi connectivity index (χ3v) is 0.675. The molecule has 0 aliphatic rings. The van der Waals surface area contributed by atoms with Gasteiger partial charge in [0.15, 0.2) is 10.1 Å². The first kappa shape index (κ1) is 43.5. The molecular formula is C2H16N12NiO12+2. The second-order valence-corrected chi connectivity index (χ2v) is 2.18. The molecule has 0 radical (unpaired) electrons. The van der Waals surface area contributed by atoms with Gasteiger partial charge in [0.05, 0.1) is 10.2 Å². The molecule has 25 heteroatoms. The van der Waals surface area contributed by atoms with Crippen molar-refractivity contribution in [3.63, 3.8) is 0 Å². The van der Waals surface area contributed by atoms with E-state index in [1.165, 1.54) is 0 Å². The summed E-state index contributed by atoms with van der Waals surface area (Å²) in [6.45, 7) is 0. The summed E-state index contributed by atoms with van der Waals surface area (Å²) >= 11 is 0. The van der Waals surface area contributed by atoms with Crippen LogP contribution in [0.1, 0.15) is 0 Å². The van der Waals surface area contributed by atoms with Crippen molar-refractivity contribution < 1.29 is 47.7 Å². The second kappa shape index (κ2) is 30.0. The molecule has 0 amide bonds. The van der Waals surface area contributed by atoms with Gasteiger partial charge in [-0.05, 0) is 0 Å². The quantitative estimate of drug-likeness (QED) is 0.0425. The van der Waals surface area contributed by atoms with Gasteiger partial charge in [0.2, 0.25) is 0 Å². The summed E-state index contributed by atoms with van der Waals surface area (Å²) in [5.74, 6) is 8.38. The van der Waals surface area contributed by atoms with Crippen molar-refractivity contribution in [1.29, 1.82) is 0 Å². The number of nitrogens with one attached hydrogen (secondary N) is 2. The van der Waals surface area contributed by atoms with Gasteiger partial charge in [0.1, 0.15) is 10.2 Å². The number of nitro groups is 2. The van der Waals surface area contributed by atoms with Crippen molar-refractivity contribution in [3.8, 4) is 0 Å². The molecule has 0 rings (SSSR count). The number of nitrogens with two attached hydrogens (primary N) is 4. The van der Waals surface area contributed by atoms with Crippen LogP contribution in [-0.4, -0.2) is 32.2 Å². The Kier molecular flexibility index (Phi) is 48.4. The van der Waals surface area contributed by atoms with Gasteiger partial charge in [0.25, 0.3) is 11.9 Å². The molecule has 24 nitrogen and oxygen atoms in total. The first-order valence-corrected chi connectivity index (χ1v) is 4.33. The standard InChI is InChI=1S/2CH5N5O2.2NO3.Ni.2H2O/c2*2-1(4-3)5-6(7)8;2*2-1(3)4;;;/h2*3H2,(H3,2,4,5);;;;2*1H2/q;;2*-1;+2;;/p+2. The van der Waals surface area contributed by atoms with Crippen LogP contribution in [0.25, 0.3) is 0 Å². The molecule has 0 aromatic heterocycles. The SMILES string of the molecule is NN/C(N)=N/[N+](=O)[O-].NN/C(N)=N/[N+](=O)[O-].O=[N+]([O-])[O-].O=[N+]([O-])[O-].[Ni+2].[OH3+].[OH3+]. The van der Waals surface area contributed by atoms with E-state index in [0.717, 1.165) is 0 Å². The van der Waals surface area contributed by atoms with Crippen LogP contribution in [0.2, 0.25) is 0 Å². The predicted octanol–water partition coefficient (Wildman–Crippen LogP) is -6.41. The van der Waals surface area contributed by atoms with E-state index in [-0.39, 0.29) is 27.4 Å². The summed E-state index contributed by atoms with van der Waals surface area (Å²) in [5.41, 5.74) is 13.1. The molecule has 0 aromatic rings. The van der Waals surface area contributed by atoms with Gasteiger partial charge >= 0.3 is 16.5 Å². The largest absolute Gasteiger partial charge is 2.00 e. The van der Waals surface area contributed by atoms with Crippen molar-refractivity contribution in [2.45, 2.75) is 0 Å². The van der Waals surface area contributed by atoms with Crippen LogP contribution in [-0.2, 0) is 27.4 Å². The minimum atomic E-state index is -1.75. The minimum absolute atomic E-state index is 0. The molecule has 0 bridgehead atoms. The molecule has 0 aliphatic heterocycles. The van der Waals surface area contributed by atoms with E-state index in [0.29, 0.717) is 0 Å². The van der Waals surface area contributed by atoms with E-state index in [4.69, 9.17) is 42.1 Å². The molecular weight excluding hydrogens is 443 g/mol. The molecule has 0 aliphatic carbocycles. The van der Waals surface area contributed by atoms with Crippen LogP contribution in [0.3, 0.4) is 0 Å². The molecule has 0 atom stereocenters. The molecule has 0 unspecified atom stereocenters. The van der Waals surface area contributed by atoms with Crippen LogP contribution in [0.15, 0.2) is 10.2 Å². The Bertz CT molecular complexity index is 415. The molecule has 0 aromatic carbocycles. The van der Waals surface area contributed by atoms with Crippen molar-refractivity contribution >= 4 is 11.9 Å². The molecule has 0 saturated heterocycles. The summed E-state index contributed by atoms with van der Waals surface area (Å²) in [4.78, 5) is 35.3. The van der Waals surface area contributed by atoms with E-state index in [2.05, 4.69) is 21.9 Å². The molecule has 0 spiro atoms. The van der Waals surface area contributed by atoms with Crippen LogP contribution in [0.4, 0.5) is 0 Å². The Hall–Kier alpha value is -3.93. The zero-order valence-electron chi connectivity index (χ0n) is 12.5. The maximum Gasteiger partial charge on any atom is 2.00 e. The fourth-order valence-electron chi connectivity index (χ4n) is 0.234. The second-order valence-electron chi connectivity index (χ2n) is 2.18. The zero-order valence-corrected chi connectivity index (χ0v) is 13.5. The van der Waals surface area contributed by atoms with Gasteiger partial charge in [0, 0.05) is 0 Å². The number of guanidine groups is 2. The average Bonchev–Trinajstić information content (AvgIpc) is 2.36. The summed E-state index contributed by atoms with van der Waals surface area (Å²) < 4.78 is 0. The fourth-order valence-corrected chi connectivity index (χ4v) is 0.234. The zero-order chi connectivity index (χ0) is 20.3. The summed E-state index contributed by atoms with van der Waals surface area (Å²) in [6.07, 6.45) is 0. The van der Waals surface area contributed by atoms with Gasteiger partial charge in [-0.15, -0.1) is 0 Å². The van der Waals surface area contributed by atoms with E-state index in [9.17, 15) is 20.2 Å². The first-order chi connectivity index (χ1) is 10.8. The van der Waals surface area contributed by atoms with Gasteiger partial charge in [-0.1, -0.05) is 0 Å². The predicted molar refractivity (Wildman–Crippen MR) is 82.3 cm³/mol. The van der Waals surface area contributed by atoms with Crippen LogP contribution in [0.5, 0.6) is 0 Å². The summed E-state index contributed by atoms with van der Waals surface area (Å²) in [6, 6.07) is 0. The van der Waals surface area contributed by atoms with Crippen LogP contribution >= 0.6 is 0 Å². The third-order valence-electron chi connectivity index (χ3n) is 0.675. The van der Waals surface area contributed by atoms with Crippen molar-refractivity contribution in [3.05, 3.63) is 50.9 Å². The maximum atomic E-state index is 9.41. The topological polar surface area (TPSA) is 438 Å². The Morgan fingerprint density at radius 1 is 0.667 bits per heavy atom. The van der Waals surface area contributed by atoms with E-state index >= 15 is 0 Å². The van der Waals surface area contributed by atoms with E-state index in [1.54, 1.807) is 10.9 Å². The number of hydrazine groups is 2. The Morgan fingerprint density at radius 2 is 0.815 bits per heavy atom. The summed E-state index contributed by atoms with van der Waals surface area (Å²) in [7, 11) is 0. The molecule has 0 fully saturated rings. The number of hydrogen-bond donors (Lipinski definition) is 6.